The minimum Gasteiger partial charge on any atom is -0.508 e. The number of esters is 1. The highest BCUT2D eigenvalue weighted by atomic mass is 19.1. The highest BCUT2D eigenvalue weighted by Gasteiger charge is 2.02. The average molecular weight is 255 g/mol. The molecule has 0 aliphatic heterocycles. The molecule has 0 heterocycles. The molecule has 0 amide bonds. The van der Waals surface area contributed by atoms with Crippen molar-refractivity contribution in [2.24, 2.45) is 0 Å². The highest BCUT2D eigenvalue weighted by molar-refractivity contribution is 5.69. The minimum absolute atomic E-state index is 0.0849. The van der Waals surface area contributed by atoms with Crippen LogP contribution < -0.4 is 5.32 Å². The maximum Gasteiger partial charge on any atom is 0.305 e. The third-order valence-corrected chi connectivity index (χ3v) is 2.31. The van der Waals surface area contributed by atoms with Crippen LogP contribution >= 0.6 is 0 Å². The van der Waals surface area contributed by atoms with E-state index in [1.807, 2.05) is 0 Å². The summed E-state index contributed by atoms with van der Waals surface area (Å²) in [6.45, 7) is 3.26. The maximum atomic E-state index is 12.9. The van der Waals surface area contributed by atoms with Crippen LogP contribution in [0.5, 0.6) is 5.75 Å². The summed E-state index contributed by atoms with van der Waals surface area (Å²) in [5, 5.41) is 12.3. The van der Waals surface area contributed by atoms with Crippen molar-refractivity contribution < 1.29 is 19.0 Å². The van der Waals surface area contributed by atoms with Crippen molar-refractivity contribution in [3.63, 3.8) is 0 Å². The Morgan fingerprint density at radius 3 is 2.89 bits per heavy atom. The van der Waals surface area contributed by atoms with Gasteiger partial charge in [-0.15, -0.1) is 0 Å². The van der Waals surface area contributed by atoms with E-state index >= 15 is 0 Å². The molecular weight excluding hydrogens is 237 g/mol. The number of hydrogen-bond donors (Lipinski definition) is 2. The second-order valence-electron chi connectivity index (χ2n) is 3.90. The lowest BCUT2D eigenvalue weighted by Crippen LogP contribution is -2.16. The summed E-state index contributed by atoms with van der Waals surface area (Å²) in [5.41, 5.74) is 0.670. The van der Waals surface area contributed by atoms with Gasteiger partial charge < -0.3 is 15.2 Å². The van der Waals surface area contributed by atoms with Crippen LogP contribution in [0.3, 0.4) is 0 Å². The van der Waals surface area contributed by atoms with E-state index in [0.717, 1.165) is 6.07 Å². The van der Waals surface area contributed by atoms with Gasteiger partial charge in [-0.3, -0.25) is 4.79 Å². The molecule has 100 valence electrons. The predicted molar refractivity (Wildman–Crippen MR) is 65.6 cm³/mol. The fourth-order valence-corrected chi connectivity index (χ4v) is 1.56. The Balaban J connectivity index is 2.19. The lowest BCUT2D eigenvalue weighted by Gasteiger charge is -2.05. The van der Waals surface area contributed by atoms with Crippen molar-refractivity contribution in [3.8, 4) is 5.75 Å². The van der Waals surface area contributed by atoms with Crippen LogP contribution in [0.2, 0.25) is 0 Å². The predicted octanol–water partition coefficient (Wildman–Crippen LogP) is 1.96. The van der Waals surface area contributed by atoms with Crippen molar-refractivity contribution in [1.29, 1.82) is 0 Å². The Hall–Kier alpha value is -1.62. The van der Waals surface area contributed by atoms with Crippen LogP contribution in [0.4, 0.5) is 4.39 Å². The van der Waals surface area contributed by atoms with E-state index in [1.165, 1.54) is 12.1 Å². The zero-order chi connectivity index (χ0) is 13.4. The SMILES string of the molecule is CCOC(=O)CCCNCc1cc(O)cc(F)c1. The number of carbonyl (C=O) groups is 1. The summed E-state index contributed by atoms with van der Waals surface area (Å²) in [6, 6.07) is 3.92. The second-order valence-corrected chi connectivity index (χ2v) is 3.90. The molecule has 5 heteroatoms. The zero-order valence-electron chi connectivity index (χ0n) is 10.4. The first kappa shape index (κ1) is 14.4. The van der Waals surface area contributed by atoms with Gasteiger partial charge in [0.2, 0.25) is 0 Å². The molecule has 0 bridgehead atoms. The van der Waals surface area contributed by atoms with Gasteiger partial charge in [-0.1, -0.05) is 0 Å². The van der Waals surface area contributed by atoms with E-state index in [1.54, 1.807) is 6.92 Å². The van der Waals surface area contributed by atoms with Crippen molar-refractivity contribution in [2.75, 3.05) is 13.2 Å². The molecule has 0 atom stereocenters. The van der Waals surface area contributed by atoms with Crippen molar-refractivity contribution in [2.45, 2.75) is 26.3 Å². The fourth-order valence-electron chi connectivity index (χ4n) is 1.56. The van der Waals surface area contributed by atoms with Gasteiger partial charge in [0.1, 0.15) is 11.6 Å². The molecule has 0 saturated heterocycles. The number of halogens is 1. The highest BCUT2D eigenvalue weighted by Crippen LogP contribution is 2.14. The summed E-state index contributed by atoms with van der Waals surface area (Å²) in [5.74, 6) is -0.751. The molecule has 0 aromatic heterocycles. The number of ether oxygens (including phenoxy) is 1. The molecule has 18 heavy (non-hydrogen) atoms. The van der Waals surface area contributed by atoms with Gasteiger partial charge in [-0.25, -0.2) is 4.39 Å². The van der Waals surface area contributed by atoms with Crippen molar-refractivity contribution >= 4 is 5.97 Å². The quantitative estimate of drug-likeness (QED) is 0.577. The number of rotatable bonds is 7. The number of hydrogen-bond acceptors (Lipinski definition) is 4. The van der Waals surface area contributed by atoms with Gasteiger partial charge in [0.05, 0.1) is 6.61 Å². The average Bonchev–Trinajstić information content (AvgIpc) is 2.27. The molecule has 0 aliphatic rings. The molecule has 0 fully saturated rings. The summed E-state index contributed by atoms with van der Waals surface area (Å²) >= 11 is 0. The molecule has 1 rings (SSSR count). The van der Waals surface area contributed by atoms with Gasteiger partial charge in [-0.2, -0.15) is 0 Å². The Bertz CT molecular complexity index is 376. The summed E-state index contributed by atoms with van der Waals surface area (Å²) in [4.78, 5) is 11.0. The van der Waals surface area contributed by atoms with Crippen molar-refractivity contribution in [1.82, 2.24) is 5.32 Å². The largest absolute Gasteiger partial charge is 0.508 e. The Labute approximate surface area is 106 Å². The minimum atomic E-state index is -0.460. The number of benzene rings is 1. The van der Waals surface area contributed by atoms with E-state index in [0.29, 0.717) is 38.1 Å². The van der Waals surface area contributed by atoms with Gasteiger partial charge in [0.15, 0.2) is 0 Å². The molecule has 0 spiro atoms. The van der Waals surface area contributed by atoms with Crippen LogP contribution in [0.15, 0.2) is 18.2 Å². The molecule has 0 aliphatic carbocycles. The molecule has 0 radical (unpaired) electrons. The van der Waals surface area contributed by atoms with E-state index < -0.39 is 5.82 Å². The van der Waals surface area contributed by atoms with Crippen LogP contribution in [0.25, 0.3) is 0 Å². The Kier molecular flexibility index (Phi) is 6.14. The van der Waals surface area contributed by atoms with E-state index in [2.05, 4.69) is 5.32 Å². The number of nitrogens with one attached hydrogen (secondary N) is 1. The molecular formula is C13H18FNO3. The molecule has 0 unspecified atom stereocenters. The summed E-state index contributed by atoms with van der Waals surface area (Å²) in [7, 11) is 0. The number of phenols is 1. The molecule has 1 aromatic carbocycles. The fraction of sp³-hybridized carbons (Fsp3) is 0.462. The first-order valence-electron chi connectivity index (χ1n) is 5.96. The van der Waals surface area contributed by atoms with E-state index in [-0.39, 0.29) is 11.7 Å². The summed E-state index contributed by atoms with van der Waals surface area (Å²) in [6.07, 6.45) is 1.04. The van der Waals surface area contributed by atoms with Gasteiger partial charge in [0.25, 0.3) is 0 Å². The second kappa shape index (κ2) is 7.66. The zero-order valence-corrected chi connectivity index (χ0v) is 10.4. The number of phenolic OH excluding ortho intramolecular Hbond substituents is 1. The lowest BCUT2D eigenvalue weighted by molar-refractivity contribution is -0.143. The maximum absolute atomic E-state index is 12.9. The summed E-state index contributed by atoms with van der Waals surface area (Å²) < 4.78 is 17.7. The first-order valence-corrected chi connectivity index (χ1v) is 5.96. The molecule has 0 saturated carbocycles. The standard InChI is InChI=1S/C13H18FNO3/c1-2-18-13(17)4-3-5-15-9-10-6-11(14)8-12(16)7-10/h6-8,15-16H,2-5,9H2,1H3. The topological polar surface area (TPSA) is 58.6 Å². The van der Waals surface area contributed by atoms with Crippen molar-refractivity contribution in [3.05, 3.63) is 29.6 Å². The first-order chi connectivity index (χ1) is 8.61. The molecule has 1 aromatic rings. The Morgan fingerprint density at radius 2 is 2.22 bits per heavy atom. The third-order valence-electron chi connectivity index (χ3n) is 2.31. The third kappa shape index (κ3) is 5.63. The van der Waals surface area contributed by atoms with Crippen LogP contribution in [0, 0.1) is 5.82 Å². The smallest absolute Gasteiger partial charge is 0.305 e. The van der Waals surface area contributed by atoms with Gasteiger partial charge in [-0.05, 0) is 37.6 Å². The lowest BCUT2D eigenvalue weighted by atomic mass is 10.2. The van der Waals surface area contributed by atoms with Gasteiger partial charge in [0, 0.05) is 19.0 Å². The number of aromatic hydroxyl groups is 1. The Morgan fingerprint density at radius 1 is 1.44 bits per heavy atom. The molecule has 4 nitrogen and oxygen atoms in total. The molecule has 2 N–H and O–H groups in total. The normalized spacial score (nSPS) is 10.3. The van der Waals surface area contributed by atoms with E-state index in [4.69, 9.17) is 4.74 Å². The number of carbonyl (C=O) groups excluding carboxylic acids is 1. The van der Waals surface area contributed by atoms with Crippen LogP contribution in [0.1, 0.15) is 25.3 Å². The van der Waals surface area contributed by atoms with Crippen LogP contribution in [-0.4, -0.2) is 24.2 Å². The van der Waals surface area contributed by atoms with Gasteiger partial charge >= 0.3 is 5.97 Å². The monoisotopic (exact) mass is 255 g/mol. The van der Waals surface area contributed by atoms with Crippen LogP contribution in [-0.2, 0) is 16.1 Å². The van der Waals surface area contributed by atoms with E-state index in [9.17, 15) is 14.3 Å².